The van der Waals surface area contributed by atoms with Gasteiger partial charge in [-0.15, -0.1) is 0 Å². The predicted octanol–water partition coefficient (Wildman–Crippen LogP) is 3.68. The Balaban J connectivity index is 1.87. The molecule has 0 fully saturated rings. The lowest BCUT2D eigenvalue weighted by atomic mass is 10.1. The summed E-state index contributed by atoms with van der Waals surface area (Å²) in [4.78, 5) is 11.9. The number of carbonyl (C=O) groups excluding carboxylic acids is 1. The number of nitrogens with zero attached hydrogens (tertiary/aromatic N) is 2. The highest BCUT2D eigenvalue weighted by molar-refractivity contribution is 6.31. The van der Waals surface area contributed by atoms with Crippen molar-refractivity contribution in [2.75, 3.05) is 11.9 Å². The fourth-order valence-electron chi connectivity index (χ4n) is 2.45. The largest absolute Gasteiger partial charge is 0.338 e. The predicted molar refractivity (Wildman–Crippen MR) is 89.5 cm³/mol. The average molecular weight is 339 g/mol. The topological polar surface area (TPSA) is 59.0 Å². The third-order valence-electron chi connectivity index (χ3n) is 3.67. The van der Waals surface area contributed by atoms with Crippen LogP contribution in [0, 0.1) is 19.7 Å². The highest BCUT2D eigenvalue weighted by Gasteiger charge is 2.11. The van der Waals surface area contributed by atoms with E-state index in [0.29, 0.717) is 18.7 Å². The molecule has 1 heterocycles. The summed E-state index contributed by atoms with van der Waals surface area (Å²) in [5, 5.41) is 9.81. The zero-order valence-corrected chi connectivity index (χ0v) is 14.2. The summed E-state index contributed by atoms with van der Waals surface area (Å²) in [6, 6.07) is 3.69. The van der Waals surface area contributed by atoms with Crippen molar-refractivity contribution in [1.29, 1.82) is 0 Å². The van der Waals surface area contributed by atoms with Crippen LogP contribution in [-0.2, 0) is 13.0 Å². The van der Waals surface area contributed by atoms with Crippen LogP contribution in [0.3, 0.4) is 0 Å². The molecular formula is C16H20ClFN4O. The molecule has 0 spiro atoms. The summed E-state index contributed by atoms with van der Waals surface area (Å²) < 4.78 is 15.0. The van der Waals surface area contributed by atoms with Gasteiger partial charge in [0, 0.05) is 24.5 Å². The molecule has 0 aliphatic rings. The molecule has 5 nitrogen and oxygen atoms in total. The standard InChI is InChI=1S/C16H20ClFN4O/c1-4-22-11(3)13(10(2)21-22)7-8-19-16(23)20-12-5-6-15(18)14(17)9-12/h5-6,9H,4,7-8H2,1-3H3,(H2,19,20,23). The number of aryl methyl sites for hydroxylation is 2. The third kappa shape index (κ3) is 4.22. The molecule has 0 bridgehead atoms. The number of carbonyl (C=O) groups is 1. The number of aromatic nitrogens is 2. The van der Waals surface area contributed by atoms with Crippen LogP contribution < -0.4 is 10.6 Å². The number of urea groups is 1. The Morgan fingerprint density at radius 1 is 1.39 bits per heavy atom. The molecule has 0 atom stereocenters. The van der Waals surface area contributed by atoms with Crippen LogP contribution in [0.5, 0.6) is 0 Å². The second kappa shape index (κ2) is 7.46. The second-order valence-electron chi connectivity index (χ2n) is 5.22. The van der Waals surface area contributed by atoms with Crippen molar-refractivity contribution in [3.05, 3.63) is 46.0 Å². The van der Waals surface area contributed by atoms with E-state index < -0.39 is 5.82 Å². The van der Waals surface area contributed by atoms with E-state index in [-0.39, 0.29) is 11.1 Å². The molecule has 0 radical (unpaired) electrons. The van der Waals surface area contributed by atoms with E-state index in [1.54, 1.807) is 0 Å². The summed E-state index contributed by atoms with van der Waals surface area (Å²) in [5.74, 6) is -0.517. The summed E-state index contributed by atoms with van der Waals surface area (Å²) in [7, 11) is 0. The lowest BCUT2D eigenvalue weighted by Crippen LogP contribution is -2.30. The molecule has 1 aromatic heterocycles. The maximum absolute atomic E-state index is 13.1. The summed E-state index contributed by atoms with van der Waals surface area (Å²) in [6.45, 7) is 7.35. The van der Waals surface area contributed by atoms with Gasteiger partial charge in [-0.25, -0.2) is 9.18 Å². The molecule has 0 unspecified atom stereocenters. The molecule has 1 aromatic carbocycles. The first-order valence-corrected chi connectivity index (χ1v) is 7.83. The zero-order valence-electron chi connectivity index (χ0n) is 13.4. The van der Waals surface area contributed by atoms with Gasteiger partial charge in [0.25, 0.3) is 0 Å². The number of amides is 2. The van der Waals surface area contributed by atoms with Gasteiger partial charge in [0.15, 0.2) is 0 Å². The number of nitrogens with one attached hydrogen (secondary N) is 2. The second-order valence-corrected chi connectivity index (χ2v) is 5.63. The van der Waals surface area contributed by atoms with E-state index in [1.165, 1.54) is 18.2 Å². The number of halogens is 2. The minimum atomic E-state index is -0.517. The van der Waals surface area contributed by atoms with E-state index in [0.717, 1.165) is 23.5 Å². The molecule has 0 aliphatic carbocycles. The maximum atomic E-state index is 13.1. The van der Waals surface area contributed by atoms with Gasteiger partial charge < -0.3 is 10.6 Å². The van der Waals surface area contributed by atoms with E-state index in [9.17, 15) is 9.18 Å². The Morgan fingerprint density at radius 3 is 2.74 bits per heavy atom. The average Bonchev–Trinajstić information content (AvgIpc) is 2.78. The zero-order chi connectivity index (χ0) is 17.0. The molecule has 7 heteroatoms. The van der Waals surface area contributed by atoms with Crippen molar-refractivity contribution in [2.45, 2.75) is 33.7 Å². The van der Waals surface area contributed by atoms with Crippen LogP contribution in [0.15, 0.2) is 18.2 Å². The smallest absolute Gasteiger partial charge is 0.319 e. The molecule has 2 N–H and O–H groups in total. The minimum Gasteiger partial charge on any atom is -0.338 e. The lowest BCUT2D eigenvalue weighted by molar-refractivity contribution is 0.252. The fourth-order valence-corrected chi connectivity index (χ4v) is 2.63. The first-order chi connectivity index (χ1) is 10.9. The van der Waals surface area contributed by atoms with Gasteiger partial charge in [-0.2, -0.15) is 5.10 Å². The fraction of sp³-hybridized carbons (Fsp3) is 0.375. The van der Waals surface area contributed by atoms with Gasteiger partial charge in [-0.3, -0.25) is 4.68 Å². The van der Waals surface area contributed by atoms with Crippen LogP contribution in [0.2, 0.25) is 5.02 Å². The van der Waals surface area contributed by atoms with Crippen molar-refractivity contribution in [1.82, 2.24) is 15.1 Å². The number of benzene rings is 1. The Hall–Kier alpha value is -2.08. The van der Waals surface area contributed by atoms with Crippen LogP contribution >= 0.6 is 11.6 Å². The minimum absolute atomic E-state index is 0.0268. The molecule has 124 valence electrons. The van der Waals surface area contributed by atoms with E-state index in [4.69, 9.17) is 11.6 Å². The van der Waals surface area contributed by atoms with E-state index >= 15 is 0 Å². The molecular weight excluding hydrogens is 319 g/mol. The van der Waals surface area contributed by atoms with Gasteiger partial charge in [-0.05, 0) is 51.0 Å². The normalized spacial score (nSPS) is 10.7. The SMILES string of the molecule is CCn1nc(C)c(CCNC(=O)Nc2ccc(F)c(Cl)c2)c1C. The Kier molecular flexibility index (Phi) is 5.60. The lowest BCUT2D eigenvalue weighted by Gasteiger charge is -2.08. The Morgan fingerprint density at radius 2 is 2.13 bits per heavy atom. The first-order valence-electron chi connectivity index (χ1n) is 7.45. The van der Waals surface area contributed by atoms with Gasteiger partial charge in [0.05, 0.1) is 10.7 Å². The monoisotopic (exact) mass is 338 g/mol. The van der Waals surface area contributed by atoms with Crippen LogP contribution in [-0.4, -0.2) is 22.4 Å². The third-order valence-corrected chi connectivity index (χ3v) is 3.96. The number of rotatable bonds is 5. The molecule has 2 amide bonds. The van der Waals surface area contributed by atoms with Crippen molar-refractivity contribution < 1.29 is 9.18 Å². The van der Waals surface area contributed by atoms with Crippen molar-refractivity contribution in [3.63, 3.8) is 0 Å². The molecule has 0 saturated carbocycles. The van der Waals surface area contributed by atoms with Crippen LogP contribution in [0.25, 0.3) is 0 Å². The summed E-state index contributed by atoms with van der Waals surface area (Å²) in [5.41, 5.74) is 3.70. The van der Waals surface area contributed by atoms with Crippen LogP contribution in [0.4, 0.5) is 14.9 Å². The molecule has 23 heavy (non-hydrogen) atoms. The van der Waals surface area contributed by atoms with Gasteiger partial charge >= 0.3 is 6.03 Å². The highest BCUT2D eigenvalue weighted by Crippen LogP contribution is 2.19. The van der Waals surface area contributed by atoms with Gasteiger partial charge in [0.1, 0.15) is 5.82 Å². The molecule has 2 aromatic rings. The quantitative estimate of drug-likeness (QED) is 0.873. The molecule has 0 saturated heterocycles. The highest BCUT2D eigenvalue weighted by atomic mass is 35.5. The number of anilines is 1. The molecule has 2 rings (SSSR count). The van der Waals surface area contributed by atoms with Crippen molar-refractivity contribution >= 4 is 23.3 Å². The van der Waals surface area contributed by atoms with Crippen molar-refractivity contribution in [3.8, 4) is 0 Å². The number of hydrogen-bond donors (Lipinski definition) is 2. The van der Waals surface area contributed by atoms with Crippen LogP contribution in [0.1, 0.15) is 23.9 Å². The van der Waals surface area contributed by atoms with E-state index in [1.807, 2.05) is 25.5 Å². The van der Waals surface area contributed by atoms with E-state index in [2.05, 4.69) is 15.7 Å². The summed E-state index contributed by atoms with van der Waals surface area (Å²) >= 11 is 5.68. The summed E-state index contributed by atoms with van der Waals surface area (Å²) in [6.07, 6.45) is 0.704. The molecule has 0 aliphatic heterocycles. The van der Waals surface area contributed by atoms with Gasteiger partial charge in [0.2, 0.25) is 0 Å². The Bertz CT molecular complexity index is 714. The number of hydrogen-bond acceptors (Lipinski definition) is 2. The Labute approximate surface area is 139 Å². The van der Waals surface area contributed by atoms with Crippen molar-refractivity contribution in [2.24, 2.45) is 0 Å². The maximum Gasteiger partial charge on any atom is 0.319 e. The first kappa shape index (κ1) is 17.3. The van der Waals surface area contributed by atoms with Gasteiger partial charge in [-0.1, -0.05) is 11.6 Å².